The lowest BCUT2D eigenvalue weighted by molar-refractivity contribution is -0.275. The maximum absolute atomic E-state index is 12.7. The summed E-state index contributed by atoms with van der Waals surface area (Å²) in [6.07, 6.45) is -4.02. The minimum atomic E-state index is -4.94. The van der Waals surface area contributed by atoms with E-state index >= 15 is 0 Å². The molecule has 0 aromatic heterocycles. The molecule has 1 heterocycles. The van der Waals surface area contributed by atoms with Crippen LogP contribution in [0.1, 0.15) is 49.5 Å². The lowest BCUT2D eigenvalue weighted by atomic mass is 10.0. The molecule has 1 aliphatic heterocycles. The van der Waals surface area contributed by atoms with Crippen LogP contribution in [0, 0.1) is 0 Å². The van der Waals surface area contributed by atoms with Crippen LogP contribution < -0.4 is 10.1 Å². The SMILES string of the molecule is CC(C)(C)OC(=O)NC1CCCN(Cc2ccc(C(=O)O)cc2OC(F)(F)F)C1. The second kappa shape index (κ2) is 8.89. The van der Waals surface area contributed by atoms with E-state index in [1.807, 2.05) is 4.90 Å². The van der Waals surface area contributed by atoms with Crippen molar-refractivity contribution in [3.63, 3.8) is 0 Å². The number of nitrogens with zero attached hydrogens (tertiary/aromatic N) is 1. The number of piperidine rings is 1. The van der Waals surface area contributed by atoms with Gasteiger partial charge >= 0.3 is 18.4 Å². The molecule has 1 atom stereocenters. The normalized spacial score (nSPS) is 18.2. The van der Waals surface area contributed by atoms with Gasteiger partial charge in [0.1, 0.15) is 11.4 Å². The highest BCUT2D eigenvalue weighted by Crippen LogP contribution is 2.29. The van der Waals surface area contributed by atoms with E-state index in [1.54, 1.807) is 20.8 Å². The molecule has 0 saturated carbocycles. The Morgan fingerprint density at radius 3 is 2.55 bits per heavy atom. The molecule has 1 aromatic carbocycles. The van der Waals surface area contributed by atoms with Gasteiger partial charge in [-0.1, -0.05) is 6.07 Å². The fourth-order valence-electron chi connectivity index (χ4n) is 3.07. The van der Waals surface area contributed by atoms with Crippen LogP contribution in [0.5, 0.6) is 5.75 Å². The van der Waals surface area contributed by atoms with E-state index in [0.717, 1.165) is 18.9 Å². The highest BCUT2D eigenvalue weighted by molar-refractivity contribution is 5.88. The standard InChI is InChI=1S/C19H25F3N2O5/c1-18(2,3)29-17(27)23-14-5-4-8-24(11-14)10-13-7-6-12(16(25)26)9-15(13)28-19(20,21)22/h6-7,9,14H,4-5,8,10-11H2,1-3H3,(H,23,27)(H,25,26). The van der Waals surface area contributed by atoms with Crippen LogP contribution in [0.3, 0.4) is 0 Å². The molecule has 2 N–H and O–H groups in total. The zero-order chi connectivity index (χ0) is 21.8. The van der Waals surface area contributed by atoms with E-state index < -0.39 is 29.8 Å². The number of benzene rings is 1. The van der Waals surface area contributed by atoms with Gasteiger partial charge in [0.2, 0.25) is 0 Å². The van der Waals surface area contributed by atoms with Gasteiger partial charge in [0.25, 0.3) is 0 Å². The number of amides is 1. The van der Waals surface area contributed by atoms with Crippen molar-refractivity contribution in [2.45, 2.75) is 58.2 Å². The van der Waals surface area contributed by atoms with E-state index in [9.17, 15) is 22.8 Å². The molecule has 0 bridgehead atoms. The molecule has 1 fully saturated rings. The summed E-state index contributed by atoms with van der Waals surface area (Å²) in [4.78, 5) is 24.9. The number of halogens is 3. The molecule has 162 valence electrons. The van der Waals surface area contributed by atoms with Gasteiger partial charge in [-0.25, -0.2) is 9.59 Å². The van der Waals surface area contributed by atoms with E-state index in [1.165, 1.54) is 12.1 Å². The van der Waals surface area contributed by atoms with Crippen LogP contribution >= 0.6 is 0 Å². The monoisotopic (exact) mass is 418 g/mol. The fourth-order valence-corrected chi connectivity index (χ4v) is 3.07. The Labute approximate surface area is 166 Å². The number of hydrogen-bond donors (Lipinski definition) is 2. The molecule has 7 nitrogen and oxygen atoms in total. The molecule has 1 aliphatic rings. The van der Waals surface area contributed by atoms with E-state index in [4.69, 9.17) is 9.84 Å². The number of hydrogen-bond acceptors (Lipinski definition) is 5. The molecule has 0 aliphatic carbocycles. The summed E-state index contributed by atoms with van der Waals surface area (Å²) in [5.41, 5.74) is -0.713. The van der Waals surface area contributed by atoms with Gasteiger partial charge < -0.3 is 19.9 Å². The Morgan fingerprint density at radius 1 is 1.28 bits per heavy atom. The Bertz CT molecular complexity index is 746. The van der Waals surface area contributed by atoms with Crippen LogP contribution in [0.2, 0.25) is 0 Å². The fraction of sp³-hybridized carbons (Fsp3) is 0.579. The van der Waals surface area contributed by atoms with Crippen molar-refractivity contribution in [3.05, 3.63) is 29.3 Å². The van der Waals surface area contributed by atoms with Crippen molar-refractivity contribution in [1.29, 1.82) is 0 Å². The Kier molecular flexibility index (Phi) is 6.99. The lowest BCUT2D eigenvalue weighted by Crippen LogP contribution is -2.48. The molecule has 0 spiro atoms. The first kappa shape index (κ1) is 22.8. The summed E-state index contributed by atoms with van der Waals surface area (Å²) < 4.78 is 47.5. The summed E-state index contributed by atoms with van der Waals surface area (Å²) >= 11 is 0. The van der Waals surface area contributed by atoms with Gasteiger partial charge in [0.15, 0.2) is 0 Å². The number of rotatable bonds is 5. The number of carboxylic acid groups (broad SMARTS) is 1. The second-order valence-electron chi connectivity index (χ2n) is 7.90. The number of ether oxygens (including phenoxy) is 2. The van der Waals surface area contributed by atoms with Crippen molar-refractivity contribution in [2.75, 3.05) is 13.1 Å². The zero-order valence-corrected chi connectivity index (χ0v) is 16.5. The first-order valence-electron chi connectivity index (χ1n) is 9.16. The maximum Gasteiger partial charge on any atom is 0.573 e. The maximum atomic E-state index is 12.7. The Morgan fingerprint density at radius 2 is 1.97 bits per heavy atom. The summed E-state index contributed by atoms with van der Waals surface area (Å²) in [5.74, 6) is -1.89. The van der Waals surface area contributed by atoms with Gasteiger partial charge in [-0.3, -0.25) is 4.90 Å². The van der Waals surface area contributed by atoms with Gasteiger partial charge in [0.05, 0.1) is 5.56 Å². The first-order chi connectivity index (χ1) is 13.3. The van der Waals surface area contributed by atoms with Crippen molar-refractivity contribution in [1.82, 2.24) is 10.2 Å². The summed E-state index contributed by atoms with van der Waals surface area (Å²) in [6.45, 7) is 6.43. The van der Waals surface area contributed by atoms with Gasteiger partial charge in [-0.15, -0.1) is 13.2 Å². The number of carbonyl (C=O) groups is 2. The number of aromatic carboxylic acids is 1. The lowest BCUT2D eigenvalue weighted by Gasteiger charge is -2.34. The van der Waals surface area contributed by atoms with Gasteiger partial charge in [0, 0.05) is 24.7 Å². The predicted octanol–water partition coefficient (Wildman–Crippen LogP) is 3.77. The third-order valence-electron chi connectivity index (χ3n) is 4.16. The number of nitrogens with one attached hydrogen (secondary N) is 1. The number of alkyl carbamates (subject to hydrolysis) is 1. The average molecular weight is 418 g/mol. The van der Waals surface area contributed by atoms with E-state index in [-0.39, 0.29) is 23.7 Å². The Balaban J connectivity index is 2.08. The van der Waals surface area contributed by atoms with Crippen molar-refractivity contribution in [2.24, 2.45) is 0 Å². The molecule has 0 radical (unpaired) electrons. The minimum absolute atomic E-state index is 0.123. The first-order valence-corrected chi connectivity index (χ1v) is 9.16. The molecular weight excluding hydrogens is 393 g/mol. The molecule has 1 saturated heterocycles. The van der Waals surface area contributed by atoms with Gasteiger partial charge in [-0.2, -0.15) is 0 Å². The topological polar surface area (TPSA) is 88.1 Å². The third-order valence-corrected chi connectivity index (χ3v) is 4.16. The quantitative estimate of drug-likeness (QED) is 0.757. The van der Waals surface area contributed by atoms with E-state index in [2.05, 4.69) is 10.1 Å². The van der Waals surface area contributed by atoms with Crippen molar-refractivity contribution < 1.29 is 37.3 Å². The zero-order valence-electron chi connectivity index (χ0n) is 16.5. The minimum Gasteiger partial charge on any atom is -0.478 e. The second-order valence-corrected chi connectivity index (χ2v) is 7.90. The van der Waals surface area contributed by atoms with Crippen molar-refractivity contribution in [3.8, 4) is 5.75 Å². The van der Waals surface area contributed by atoms with Gasteiger partial charge in [-0.05, 0) is 52.3 Å². The molecular formula is C19H25F3N2O5. The highest BCUT2D eigenvalue weighted by Gasteiger charge is 2.33. The molecule has 1 unspecified atom stereocenters. The van der Waals surface area contributed by atoms with Crippen LogP contribution in [0.15, 0.2) is 18.2 Å². The predicted molar refractivity (Wildman–Crippen MR) is 97.8 cm³/mol. The number of carboxylic acids is 1. The molecule has 29 heavy (non-hydrogen) atoms. The number of alkyl halides is 3. The summed E-state index contributed by atoms with van der Waals surface area (Å²) in [6, 6.07) is 3.21. The summed E-state index contributed by atoms with van der Waals surface area (Å²) in [5, 5.41) is 11.8. The largest absolute Gasteiger partial charge is 0.573 e. The highest BCUT2D eigenvalue weighted by atomic mass is 19.4. The number of carbonyl (C=O) groups excluding carboxylic acids is 1. The molecule has 1 amide bonds. The Hall–Kier alpha value is -2.49. The van der Waals surface area contributed by atoms with Crippen LogP contribution in [0.4, 0.5) is 18.0 Å². The number of likely N-dealkylation sites (tertiary alicyclic amines) is 1. The van der Waals surface area contributed by atoms with E-state index in [0.29, 0.717) is 13.1 Å². The third kappa shape index (κ3) is 7.80. The van der Waals surface area contributed by atoms with Crippen LogP contribution in [0.25, 0.3) is 0 Å². The van der Waals surface area contributed by atoms with Crippen molar-refractivity contribution >= 4 is 12.1 Å². The molecule has 10 heteroatoms. The molecule has 2 rings (SSSR count). The average Bonchev–Trinajstić information content (AvgIpc) is 2.53. The smallest absolute Gasteiger partial charge is 0.478 e. The summed E-state index contributed by atoms with van der Waals surface area (Å²) in [7, 11) is 0. The van der Waals surface area contributed by atoms with Crippen LogP contribution in [-0.4, -0.2) is 53.2 Å². The molecule has 1 aromatic rings. The van der Waals surface area contributed by atoms with Crippen LogP contribution in [-0.2, 0) is 11.3 Å².